The van der Waals surface area contributed by atoms with Crippen LogP contribution in [0.25, 0.3) is 0 Å². The number of carbonyl (C=O) groups is 1. The van der Waals surface area contributed by atoms with Gasteiger partial charge in [-0.15, -0.1) is 11.3 Å². The van der Waals surface area contributed by atoms with Crippen LogP contribution in [-0.2, 0) is 16.0 Å². The number of hydrogen-bond donors (Lipinski definition) is 0. The third-order valence-electron chi connectivity index (χ3n) is 4.36. The summed E-state index contributed by atoms with van der Waals surface area (Å²) in [5.74, 6) is 0.183. The number of amides is 1. The van der Waals surface area contributed by atoms with Crippen molar-refractivity contribution < 1.29 is 9.53 Å². The highest BCUT2D eigenvalue weighted by atomic mass is 32.1. The summed E-state index contributed by atoms with van der Waals surface area (Å²) in [6, 6.07) is 10.3. The fourth-order valence-corrected chi connectivity index (χ4v) is 3.82. The molecule has 0 spiro atoms. The summed E-state index contributed by atoms with van der Waals surface area (Å²) in [6.07, 6.45) is 1.14. The summed E-state index contributed by atoms with van der Waals surface area (Å²) in [7, 11) is 0. The molecule has 0 radical (unpaired) electrons. The van der Waals surface area contributed by atoms with Gasteiger partial charge in [0.2, 0.25) is 5.91 Å². The molecule has 1 aromatic carbocycles. The second-order valence-corrected chi connectivity index (χ2v) is 6.75. The summed E-state index contributed by atoms with van der Waals surface area (Å²) in [5, 5.41) is 2.01. The molecule has 122 valence electrons. The van der Waals surface area contributed by atoms with Crippen LogP contribution >= 0.6 is 11.3 Å². The smallest absolute Gasteiger partial charge is 0.223 e. The maximum atomic E-state index is 12.7. The Hall–Kier alpha value is -1.72. The first kappa shape index (κ1) is 16.1. The zero-order chi connectivity index (χ0) is 16.2. The molecule has 3 atom stereocenters. The van der Waals surface area contributed by atoms with E-state index in [1.807, 2.05) is 34.0 Å². The molecule has 2 aromatic rings. The topological polar surface area (TPSA) is 42.4 Å². The largest absolute Gasteiger partial charge is 0.369 e. The lowest BCUT2D eigenvalue weighted by Crippen LogP contribution is -2.53. The van der Waals surface area contributed by atoms with Crippen molar-refractivity contribution in [2.75, 3.05) is 6.61 Å². The molecule has 0 N–H and O–H groups in total. The monoisotopic (exact) mass is 330 g/mol. The minimum Gasteiger partial charge on any atom is -0.369 e. The van der Waals surface area contributed by atoms with Crippen molar-refractivity contribution >= 4 is 17.2 Å². The quantitative estimate of drug-likeness (QED) is 0.862. The Balaban J connectivity index is 1.70. The SMILES string of the molecule is CC1COC(c2ccccc2)C(C)N1C(=O)CCc1cscn1. The lowest BCUT2D eigenvalue weighted by atomic mass is 9.98. The van der Waals surface area contributed by atoms with Crippen LogP contribution in [0.15, 0.2) is 41.2 Å². The molecule has 1 fully saturated rings. The van der Waals surface area contributed by atoms with E-state index in [4.69, 9.17) is 4.74 Å². The molecule has 3 rings (SSSR count). The Kier molecular flexibility index (Phi) is 5.08. The Bertz CT molecular complexity index is 630. The highest BCUT2D eigenvalue weighted by Crippen LogP contribution is 2.31. The van der Waals surface area contributed by atoms with Gasteiger partial charge in [-0.3, -0.25) is 4.79 Å². The highest BCUT2D eigenvalue weighted by molar-refractivity contribution is 7.07. The number of thiazole rings is 1. The molecule has 2 heterocycles. The van der Waals surface area contributed by atoms with Gasteiger partial charge in [0.15, 0.2) is 0 Å². The Morgan fingerprint density at radius 2 is 2.13 bits per heavy atom. The molecule has 1 amide bonds. The lowest BCUT2D eigenvalue weighted by molar-refractivity contribution is -0.153. The average Bonchev–Trinajstić information content (AvgIpc) is 3.07. The van der Waals surface area contributed by atoms with Gasteiger partial charge in [-0.05, 0) is 25.8 Å². The highest BCUT2D eigenvalue weighted by Gasteiger charge is 2.36. The third-order valence-corrected chi connectivity index (χ3v) is 5.00. The number of aromatic nitrogens is 1. The second kappa shape index (κ2) is 7.23. The van der Waals surface area contributed by atoms with Gasteiger partial charge >= 0.3 is 0 Å². The van der Waals surface area contributed by atoms with Gasteiger partial charge < -0.3 is 9.64 Å². The first-order valence-corrected chi connectivity index (χ1v) is 8.96. The van der Waals surface area contributed by atoms with Crippen molar-refractivity contribution in [3.05, 3.63) is 52.5 Å². The number of nitrogens with zero attached hydrogens (tertiary/aromatic N) is 2. The van der Waals surface area contributed by atoms with Gasteiger partial charge in [-0.25, -0.2) is 4.98 Å². The van der Waals surface area contributed by atoms with Crippen LogP contribution in [0.3, 0.4) is 0 Å². The van der Waals surface area contributed by atoms with Crippen molar-refractivity contribution in [1.82, 2.24) is 9.88 Å². The van der Waals surface area contributed by atoms with Crippen LogP contribution in [0.1, 0.15) is 37.6 Å². The number of rotatable bonds is 4. The molecule has 1 aliphatic rings. The molecule has 1 aromatic heterocycles. The maximum absolute atomic E-state index is 12.7. The van der Waals surface area contributed by atoms with Gasteiger partial charge in [0.05, 0.1) is 29.9 Å². The number of aryl methyl sites for hydroxylation is 1. The van der Waals surface area contributed by atoms with Gasteiger partial charge in [-0.2, -0.15) is 0 Å². The molecule has 3 unspecified atom stereocenters. The van der Waals surface area contributed by atoms with Gasteiger partial charge in [0.25, 0.3) is 0 Å². The van der Waals surface area contributed by atoms with Crippen LogP contribution in [0.2, 0.25) is 0 Å². The zero-order valence-corrected chi connectivity index (χ0v) is 14.3. The van der Waals surface area contributed by atoms with E-state index in [0.717, 1.165) is 11.3 Å². The van der Waals surface area contributed by atoms with Crippen LogP contribution in [0.5, 0.6) is 0 Å². The van der Waals surface area contributed by atoms with Crippen LogP contribution in [-0.4, -0.2) is 34.5 Å². The minimum absolute atomic E-state index is 0.0316. The third kappa shape index (κ3) is 3.62. The second-order valence-electron chi connectivity index (χ2n) is 6.04. The van der Waals surface area contributed by atoms with Crippen molar-refractivity contribution in [1.29, 1.82) is 0 Å². The van der Waals surface area contributed by atoms with Crippen LogP contribution in [0.4, 0.5) is 0 Å². The Labute approximate surface area is 141 Å². The van der Waals surface area contributed by atoms with Crippen molar-refractivity contribution in [2.45, 2.75) is 44.9 Å². The van der Waals surface area contributed by atoms with Gasteiger partial charge in [0.1, 0.15) is 6.10 Å². The molecule has 0 saturated carbocycles. The van der Waals surface area contributed by atoms with E-state index in [0.29, 0.717) is 19.4 Å². The molecule has 1 saturated heterocycles. The molecule has 4 nitrogen and oxygen atoms in total. The predicted octanol–water partition coefficient (Wildman–Crippen LogP) is 3.45. The molecular weight excluding hydrogens is 308 g/mol. The fourth-order valence-electron chi connectivity index (χ4n) is 3.23. The number of ether oxygens (including phenoxy) is 1. The van der Waals surface area contributed by atoms with Gasteiger partial charge in [-0.1, -0.05) is 30.3 Å². The van der Waals surface area contributed by atoms with Crippen LogP contribution < -0.4 is 0 Å². The molecule has 5 heteroatoms. The number of carbonyl (C=O) groups excluding carboxylic acids is 1. The fraction of sp³-hybridized carbons (Fsp3) is 0.444. The normalized spacial score (nSPS) is 24.6. The summed E-state index contributed by atoms with van der Waals surface area (Å²) in [5.41, 5.74) is 3.94. The van der Waals surface area contributed by atoms with Crippen molar-refractivity contribution in [3.8, 4) is 0 Å². The molecule has 0 bridgehead atoms. The molecule has 23 heavy (non-hydrogen) atoms. The minimum atomic E-state index is -0.0596. The maximum Gasteiger partial charge on any atom is 0.223 e. The molecule has 1 aliphatic heterocycles. The first-order chi connectivity index (χ1) is 11.2. The summed E-state index contributed by atoms with van der Waals surface area (Å²) < 4.78 is 6.01. The van der Waals surface area contributed by atoms with Crippen molar-refractivity contribution in [2.24, 2.45) is 0 Å². The first-order valence-electron chi connectivity index (χ1n) is 8.01. The van der Waals surface area contributed by atoms with E-state index in [-0.39, 0.29) is 24.1 Å². The average molecular weight is 330 g/mol. The van der Waals surface area contributed by atoms with E-state index in [1.165, 1.54) is 0 Å². The van der Waals surface area contributed by atoms with E-state index >= 15 is 0 Å². The summed E-state index contributed by atoms with van der Waals surface area (Å²) in [6.45, 7) is 4.71. The Morgan fingerprint density at radius 3 is 2.83 bits per heavy atom. The summed E-state index contributed by atoms with van der Waals surface area (Å²) >= 11 is 1.57. The zero-order valence-electron chi connectivity index (χ0n) is 13.5. The standard InChI is InChI=1S/C18H22N2O2S/c1-13-10-22-18(15-6-4-3-5-7-15)14(2)20(13)17(21)9-8-16-11-23-12-19-16/h3-7,11-14,18H,8-10H2,1-2H3. The van der Waals surface area contributed by atoms with E-state index < -0.39 is 0 Å². The van der Waals surface area contributed by atoms with E-state index in [1.54, 1.807) is 11.3 Å². The van der Waals surface area contributed by atoms with E-state index in [2.05, 4.69) is 31.0 Å². The number of hydrogen-bond acceptors (Lipinski definition) is 4. The molecule has 0 aliphatic carbocycles. The van der Waals surface area contributed by atoms with Crippen molar-refractivity contribution in [3.63, 3.8) is 0 Å². The Morgan fingerprint density at radius 1 is 1.35 bits per heavy atom. The molecular formula is C18H22N2O2S. The number of morpholine rings is 1. The van der Waals surface area contributed by atoms with E-state index in [9.17, 15) is 4.79 Å². The lowest BCUT2D eigenvalue weighted by Gasteiger charge is -2.44. The summed E-state index contributed by atoms with van der Waals surface area (Å²) in [4.78, 5) is 19.0. The number of benzene rings is 1. The predicted molar refractivity (Wildman–Crippen MR) is 91.3 cm³/mol. The van der Waals surface area contributed by atoms with Gasteiger partial charge in [0, 0.05) is 11.8 Å². The van der Waals surface area contributed by atoms with Crippen LogP contribution in [0, 0.1) is 0 Å².